The Labute approximate surface area is 168 Å². The molecule has 0 saturated heterocycles. The standard InChI is InChI=1S/C20H12ClN7O/c21-14-3-1-2-13(6-14)10-27-18-16(25-20(27)29)9-23-19(26-18)28-11-24-15-5-4-12(8-22)7-17(15)28/h1-7,9,11H,10H2,(H,25,29). The predicted octanol–water partition coefficient (Wildman–Crippen LogP) is 3.03. The minimum absolute atomic E-state index is 0.284. The summed E-state index contributed by atoms with van der Waals surface area (Å²) < 4.78 is 3.23. The van der Waals surface area contributed by atoms with Crippen molar-refractivity contribution in [3.05, 3.63) is 81.6 Å². The Bertz CT molecular complexity index is 1490. The second-order valence-corrected chi connectivity index (χ2v) is 6.92. The Morgan fingerprint density at radius 3 is 2.90 bits per heavy atom. The van der Waals surface area contributed by atoms with E-state index in [-0.39, 0.29) is 5.69 Å². The third kappa shape index (κ3) is 2.94. The molecule has 0 aliphatic heterocycles. The SMILES string of the molecule is N#Cc1ccc2ncn(-c3ncc4[nH]c(=O)n(Cc5cccc(Cl)c5)c4n3)c2c1. The zero-order chi connectivity index (χ0) is 20.0. The molecule has 5 rings (SSSR count). The first-order valence-corrected chi connectivity index (χ1v) is 9.08. The molecule has 29 heavy (non-hydrogen) atoms. The summed E-state index contributed by atoms with van der Waals surface area (Å²) >= 11 is 6.06. The van der Waals surface area contributed by atoms with Crippen molar-refractivity contribution in [2.45, 2.75) is 6.54 Å². The van der Waals surface area contributed by atoms with Gasteiger partial charge in [0.1, 0.15) is 11.8 Å². The molecule has 0 fully saturated rings. The number of H-pyrrole nitrogens is 1. The topological polar surface area (TPSA) is 105 Å². The van der Waals surface area contributed by atoms with Gasteiger partial charge in [0.05, 0.1) is 35.4 Å². The van der Waals surface area contributed by atoms with Gasteiger partial charge >= 0.3 is 5.69 Å². The van der Waals surface area contributed by atoms with E-state index in [9.17, 15) is 10.1 Å². The van der Waals surface area contributed by atoms with E-state index in [1.807, 2.05) is 18.2 Å². The molecular weight excluding hydrogens is 390 g/mol. The van der Waals surface area contributed by atoms with E-state index in [4.69, 9.17) is 11.6 Å². The van der Waals surface area contributed by atoms with Crippen LogP contribution in [0.15, 0.2) is 59.8 Å². The number of nitriles is 1. The van der Waals surface area contributed by atoms with E-state index in [1.54, 1.807) is 41.4 Å². The Kier molecular flexibility index (Phi) is 3.89. The molecule has 9 heteroatoms. The molecule has 0 aliphatic rings. The largest absolute Gasteiger partial charge is 0.328 e. The van der Waals surface area contributed by atoms with E-state index in [0.717, 1.165) is 11.1 Å². The summed E-state index contributed by atoms with van der Waals surface area (Å²) in [5.41, 5.74) is 3.54. The number of aromatic amines is 1. The number of benzene rings is 2. The first-order chi connectivity index (χ1) is 14.1. The van der Waals surface area contributed by atoms with Crippen LogP contribution in [0.2, 0.25) is 5.02 Å². The smallest absolute Gasteiger partial charge is 0.303 e. The van der Waals surface area contributed by atoms with Gasteiger partial charge in [0, 0.05) is 5.02 Å². The number of imidazole rings is 2. The zero-order valence-corrected chi connectivity index (χ0v) is 15.6. The third-order valence-corrected chi connectivity index (χ3v) is 4.85. The number of rotatable bonds is 3. The molecule has 0 bridgehead atoms. The maximum atomic E-state index is 12.5. The number of fused-ring (bicyclic) bond motifs is 2. The lowest BCUT2D eigenvalue weighted by atomic mass is 10.2. The number of nitrogens with zero attached hydrogens (tertiary/aromatic N) is 6. The highest BCUT2D eigenvalue weighted by atomic mass is 35.5. The minimum atomic E-state index is -0.284. The number of nitrogens with one attached hydrogen (secondary N) is 1. The van der Waals surface area contributed by atoms with Crippen molar-refractivity contribution < 1.29 is 0 Å². The van der Waals surface area contributed by atoms with Gasteiger partial charge in [-0.2, -0.15) is 10.2 Å². The van der Waals surface area contributed by atoms with Gasteiger partial charge in [-0.15, -0.1) is 0 Å². The molecule has 8 nitrogen and oxygen atoms in total. The number of hydrogen-bond acceptors (Lipinski definition) is 5. The van der Waals surface area contributed by atoms with Crippen LogP contribution in [0.3, 0.4) is 0 Å². The van der Waals surface area contributed by atoms with Crippen molar-refractivity contribution in [2.75, 3.05) is 0 Å². The van der Waals surface area contributed by atoms with Gasteiger partial charge in [-0.25, -0.2) is 14.8 Å². The molecular formula is C20H12ClN7O. The van der Waals surface area contributed by atoms with Gasteiger partial charge in [-0.3, -0.25) is 9.13 Å². The van der Waals surface area contributed by atoms with Crippen LogP contribution in [0.4, 0.5) is 0 Å². The normalized spacial score (nSPS) is 11.2. The minimum Gasteiger partial charge on any atom is -0.303 e. The second-order valence-electron chi connectivity index (χ2n) is 6.48. The third-order valence-electron chi connectivity index (χ3n) is 4.62. The van der Waals surface area contributed by atoms with Gasteiger partial charge in [-0.1, -0.05) is 23.7 Å². The lowest BCUT2D eigenvalue weighted by molar-refractivity contribution is 0.774. The van der Waals surface area contributed by atoms with Crippen LogP contribution in [0.5, 0.6) is 0 Å². The Morgan fingerprint density at radius 2 is 2.07 bits per heavy atom. The average molecular weight is 402 g/mol. The molecule has 0 atom stereocenters. The molecule has 0 spiro atoms. The molecule has 2 aromatic carbocycles. The highest BCUT2D eigenvalue weighted by Crippen LogP contribution is 2.19. The van der Waals surface area contributed by atoms with Gasteiger partial charge in [0.25, 0.3) is 0 Å². The van der Waals surface area contributed by atoms with E-state index in [1.165, 1.54) is 4.57 Å². The number of hydrogen-bond donors (Lipinski definition) is 1. The Hall–Kier alpha value is -3.96. The summed E-state index contributed by atoms with van der Waals surface area (Å²) in [6.45, 7) is 0.319. The molecule has 3 aromatic heterocycles. The van der Waals surface area contributed by atoms with Crippen LogP contribution >= 0.6 is 11.6 Å². The molecule has 0 radical (unpaired) electrons. The van der Waals surface area contributed by atoms with Crippen molar-refractivity contribution in [1.29, 1.82) is 5.26 Å². The van der Waals surface area contributed by atoms with E-state index >= 15 is 0 Å². The van der Waals surface area contributed by atoms with Gasteiger partial charge in [0.15, 0.2) is 5.65 Å². The summed E-state index contributed by atoms with van der Waals surface area (Å²) in [6.07, 6.45) is 3.16. The molecule has 0 aliphatic carbocycles. The van der Waals surface area contributed by atoms with Crippen molar-refractivity contribution in [3.8, 4) is 12.0 Å². The fraction of sp³-hybridized carbons (Fsp3) is 0.0500. The van der Waals surface area contributed by atoms with Gasteiger partial charge in [0.2, 0.25) is 5.95 Å². The Balaban J connectivity index is 1.66. The summed E-state index contributed by atoms with van der Waals surface area (Å²) in [5.74, 6) is 0.355. The first-order valence-electron chi connectivity index (χ1n) is 8.70. The second kappa shape index (κ2) is 6.58. The summed E-state index contributed by atoms with van der Waals surface area (Å²) in [6, 6.07) is 14.6. The number of halogens is 1. The lowest BCUT2D eigenvalue weighted by Crippen LogP contribution is -2.18. The number of aromatic nitrogens is 6. The van der Waals surface area contributed by atoms with Crippen LogP contribution in [0.25, 0.3) is 28.1 Å². The summed E-state index contributed by atoms with van der Waals surface area (Å²) in [7, 11) is 0. The first kappa shape index (κ1) is 17.2. The maximum Gasteiger partial charge on any atom is 0.328 e. The van der Waals surface area contributed by atoms with Crippen molar-refractivity contribution >= 4 is 33.8 Å². The summed E-state index contributed by atoms with van der Waals surface area (Å²) in [4.78, 5) is 28.5. The molecule has 0 amide bonds. The van der Waals surface area contributed by atoms with Crippen LogP contribution in [0, 0.1) is 11.3 Å². The summed E-state index contributed by atoms with van der Waals surface area (Å²) in [5, 5.41) is 9.77. The van der Waals surface area contributed by atoms with Gasteiger partial charge < -0.3 is 4.98 Å². The highest BCUT2D eigenvalue weighted by molar-refractivity contribution is 6.30. The van der Waals surface area contributed by atoms with Gasteiger partial charge in [-0.05, 0) is 35.9 Å². The van der Waals surface area contributed by atoms with Crippen molar-refractivity contribution in [2.24, 2.45) is 0 Å². The maximum absolute atomic E-state index is 12.5. The molecule has 1 N–H and O–H groups in total. The molecule has 5 aromatic rings. The monoisotopic (exact) mass is 401 g/mol. The van der Waals surface area contributed by atoms with Crippen LogP contribution in [0.1, 0.15) is 11.1 Å². The van der Waals surface area contributed by atoms with Crippen molar-refractivity contribution in [1.82, 2.24) is 29.1 Å². The zero-order valence-electron chi connectivity index (χ0n) is 14.9. The van der Waals surface area contributed by atoms with E-state index in [2.05, 4.69) is 26.0 Å². The fourth-order valence-electron chi connectivity index (χ4n) is 3.25. The predicted molar refractivity (Wildman–Crippen MR) is 108 cm³/mol. The molecule has 140 valence electrons. The van der Waals surface area contributed by atoms with Crippen LogP contribution < -0.4 is 5.69 Å². The van der Waals surface area contributed by atoms with Crippen LogP contribution in [-0.4, -0.2) is 29.1 Å². The van der Waals surface area contributed by atoms with E-state index < -0.39 is 0 Å². The fourth-order valence-corrected chi connectivity index (χ4v) is 3.47. The van der Waals surface area contributed by atoms with Crippen molar-refractivity contribution in [3.63, 3.8) is 0 Å². The highest BCUT2D eigenvalue weighted by Gasteiger charge is 2.13. The quantitative estimate of drug-likeness (QED) is 0.500. The molecule has 3 heterocycles. The molecule has 0 saturated carbocycles. The van der Waals surface area contributed by atoms with Crippen LogP contribution in [-0.2, 0) is 6.54 Å². The Morgan fingerprint density at radius 1 is 1.17 bits per heavy atom. The average Bonchev–Trinajstić information content (AvgIpc) is 3.28. The lowest BCUT2D eigenvalue weighted by Gasteiger charge is -2.06. The van der Waals surface area contributed by atoms with E-state index in [0.29, 0.717) is 39.8 Å². The molecule has 0 unspecified atom stereocenters.